The quantitative estimate of drug-likeness (QED) is 0.391. The van der Waals surface area contributed by atoms with E-state index in [0.29, 0.717) is 11.8 Å². The van der Waals surface area contributed by atoms with Gasteiger partial charge in [-0.3, -0.25) is 0 Å². The van der Waals surface area contributed by atoms with E-state index in [4.69, 9.17) is 0 Å². The van der Waals surface area contributed by atoms with Crippen LogP contribution in [-0.4, -0.2) is 0 Å². The van der Waals surface area contributed by atoms with Gasteiger partial charge in [-0.25, -0.2) is 0 Å². The zero-order valence-electron chi connectivity index (χ0n) is 18.3. The highest BCUT2D eigenvalue weighted by molar-refractivity contribution is 5.50. The summed E-state index contributed by atoms with van der Waals surface area (Å²) in [5.41, 5.74) is 10.3. The fourth-order valence-corrected chi connectivity index (χ4v) is 5.07. The van der Waals surface area contributed by atoms with Crippen LogP contribution in [0, 0.1) is 6.92 Å². The van der Waals surface area contributed by atoms with Crippen LogP contribution >= 0.6 is 0 Å². The first-order valence-electron chi connectivity index (χ1n) is 11.5. The van der Waals surface area contributed by atoms with Gasteiger partial charge in [0.05, 0.1) is 0 Å². The Hall–Kier alpha value is -3.12. The van der Waals surface area contributed by atoms with Crippen molar-refractivity contribution in [3.05, 3.63) is 142 Å². The van der Waals surface area contributed by atoms with E-state index in [1.54, 1.807) is 11.1 Å². The minimum absolute atomic E-state index is 0.455. The molecule has 0 heteroatoms. The van der Waals surface area contributed by atoms with Gasteiger partial charge in [0.1, 0.15) is 0 Å². The molecule has 0 heterocycles. The van der Waals surface area contributed by atoms with Crippen LogP contribution in [-0.2, 0) is 6.42 Å². The topological polar surface area (TPSA) is 0 Å². The molecule has 0 radical (unpaired) electrons. The van der Waals surface area contributed by atoms with Gasteiger partial charge < -0.3 is 0 Å². The highest BCUT2D eigenvalue weighted by Gasteiger charge is 2.31. The lowest BCUT2D eigenvalue weighted by Crippen LogP contribution is -2.05. The molecule has 154 valence electrons. The van der Waals surface area contributed by atoms with E-state index in [1.165, 1.54) is 27.8 Å². The first-order chi connectivity index (χ1) is 15.3. The summed E-state index contributed by atoms with van der Waals surface area (Å²) in [6.45, 7) is 2.15. The average Bonchev–Trinajstić information content (AvgIpc) is 3.47. The number of rotatable bonds is 6. The number of aryl methyl sites for hydroxylation is 2. The predicted molar refractivity (Wildman–Crippen MR) is 131 cm³/mol. The summed E-state index contributed by atoms with van der Waals surface area (Å²) in [7, 11) is 0. The van der Waals surface area contributed by atoms with E-state index in [1.807, 2.05) is 0 Å². The Kier molecular flexibility index (Phi) is 5.71. The Morgan fingerprint density at radius 1 is 0.677 bits per heavy atom. The van der Waals surface area contributed by atoms with Crippen LogP contribution in [0.2, 0.25) is 0 Å². The van der Waals surface area contributed by atoms with Gasteiger partial charge in [0.15, 0.2) is 0 Å². The molecule has 0 fully saturated rings. The van der Waals surface area contributed by atoms with Crippen LogP contribution < -0.4 is 0 Å². The standard InChI is InChI=1S/C31H30/c1-23-12-14-24(15-13-23)16-17-25-18-19-28(20-25)29-21-30(26-8-4-2-5-9-26)31(22-29)27-10-6-3-7-11-27/h2-15,18-19,21,30-31H,16-17,20,22H2,1H3. The molecule has 0 saturated heterocycles. The first-order valence-corrected chi connectivity index (χ1v) is 11.5. The van der Waals surface area contributed by atoms with Crippen LogP contribution in [0.25, 0.3) is 0 Å². The fourth-order valence-electron chi connectivity index (χ4n) is 5.07. The minimum Gasteiger partial charge on any atom is -0.0729 e. The van der Waals surface area contributed by atoms with Crippen molar-refractivity contribution >= 4 is 0 Å². The first kappa shape index (κ1) is 19.8. The van der Waals surface area contributed by atoms with Crippen LogP contribution in [0.1, 0.15) is 53.4 Å². The molecule has 2 atom stereocenters. The Balaban J connectivity index is 1.29. The van der Waals surface area contributed by atoms with Crippen molar-refractivity contribution in [3.63, 3.8) is 0 Å². The highest BCUT2D eigenvalue weighted by Crippen LogP contribution is 2.48. The maximum atomic E-state index is 2.55. The monoisotopic (exact) mass is 402 g/mol. The van der Waals surface area contributed by atoms with Gasteiger partial charge in [-0.2, -0.15) is 0 Å². The molecule has 31 heavy (non-hydrogen) atoms. The lowest BCUT2D eigenvalue weighted by Gasteiger charge is -2.20. The van der Waals surface area contributed by atoms with E-state index in [-0.39, 0.29) is 0 Å². The van der Waals surface area contributed by atoms with E-state index < -0.39 is 0 Å². The molecule has 0 bridgehead atoms. The molecule has 0 nitrogen and oxygen atoms in total. The van der Waals surface area contributed by atoms with Crippen LogP contribution in [0.15, 0.2) is 120 Å². The fraction of sp³-hybridized carbons (Fsp3) is 0.226. The van der Waals surface area contributed by atoms with Gasteiger partial charge in [-0.05, 0) is 66.4 Å². The summed E-state index contributed by atoms with van der Waals surface area (Å²) >= 11 is 0. The van der Waals surface area contributed by atoms with Gasteiger partial charge in [-0.1, -0.05) is 114 Å². The molecule has 0 spiro atoms. The van der Waals surface area contributed by atoms with E-state index in [2.05, 4.69) is 110 Å². The van der Waals surface area contributed by atoms with Gasteiger partial charge in [0.25, 0.3) is 0 Å². The summed E-state index contributed by atoms with van der Waals surface area (Å²) in [6.07, 6.45) is 11.8. The number of hydrogen-bond acceptors (Lipinski definition) is 0. The van der Waals surface area contributed by atoms with Crippen molar-refractivity contribution in [3.8, 4) is 0 Å². The van der Waals surface area contributed by atoms with E-state index >= 15 is 0 Å². The molecule has 2 aliphatic rings. The third kappa shape index (κ3) is 4.49. The second-order valence-electron chi connectivity index (χ2n) is 9.03. The molecule has 0 aliphatic heterocycles. The highest BCUT2D eigenvalue weighted by atomic mass is 14.3. The van der Waals surface area contributed by atoms with Crippen molar-refractivity contribution in [1.29, 1.82) is 0 Å². The minimum atomic E-state index is 0.455. The van der Waals surface area contributed by atoms with E-state index in [0.717, 1.165) is 25.7 Å². The molecular formula is C31H30. The molecule has 0 N–H and O–H groups in total. The van der Waals surface area contributed by atoms with Crippen LogP contribution in [0.4, 0.5) is 0 Å². The SMILES string of the molecule is Cc1ccc(CCC2=CC=C(C3=CC(c4ccccc4)C(c4ccccc4)C3)C2)cc1. The lowest BCUT2D eigenvalue weighted by molar-refractivity contribution is 0.659. The second kappa shape index (κ2) is 8.94. The third-order valence-electron chi connectivity index (χ3n) is 6.87. The van der Waals surface area contributed by atoms with E-state index in [9.17, 15) is 0 Å². The normalized spacial score (nSPS) is 20.4. The lowest BCUT2D eigenvalue weighted by atomic mass is 9.83. The molecule has 2 aliphatic carbocycles. The Bertz CT molecular complexity index is 1110. The molecule has 0 saturated carbocycles. The second-order valence-corrected chi connectivity index (χ2v) is 9.03. The van der Waals surface area contributed by atoms with Gasteiger partial charge in [0, 0.05) is 5.92 Å². The summed E-state index contributed by atoms with van der Waals surface area (Å²) in [5.74, 6) is 0.979. The molecule has 0 aromatic heterocycles. The van der Waals surface area contributed by atoms with Crippen molar-refractivity contribution in [2.75, 3.05) is 0 Å². The molecule has 3 aromatic rings. The molecule has 0 amide bonds. The maximum absolute atomic E-state index is 2.55. The van der Waals surface area contributed by atoms with Gasteiger partial charge in [0.2, 0.25) is 0 Å². The summed E-state index contributed by atoms with van der Waals surface area (Å²) in [5, 5.41) is 0. The summed E-state index contributed by atoms with van der Waals surface area (Å²) in [6, 6.07) is 31.1. The Morgan fingerprint density at radius 3 is 2.06 bits per heavy atom. The van der Waals surface area contributed by atoms with Crippen LogP contribution in [0.5, 0.6) is 0 Å². The number of hydrogen-bond donors (Lipinski definition) is 0. The van der Waals surface area contributed by atoms with Gasteiger partial charge in [-0.15, -0.1) is 0 Å². The number of allylic oxidation sites excluding steroid dienone is 6. The summed E-state index contributed by atoms with van der Waals surface area (Å²) in [4.78, 5) is 0. The molecule has 5 rings (SSSR count). The predicted octanol–water partition coefficient (Wildman–Crippen LogP) is 8.08. The zero-order chi connectivity index (χ0) is 21.0. The Labute approximate surface area is 186 Å². The third-order valence-corrected chi connectivity index (χ3v) is 6.87. The molecule has 3 aromatic carbocycles. The smallest absolute Gasteiger partial charge is 0.00958 e. The van der Waals surface area contributed by atoms with Crippen molar-refractivity contribution in [2.24, 2.45) is 0 Å². The maximum Gasteiger partial charge on any atom is 0.00958 e. The Morgan fingerprint density at radius 2 is 1.35 bits per heavy atom. The summed E-state index contributed by atoms with van der Waals surface area (Å²) < 4.78 is 0. The van der Waals surface area contributed by atoms with Gasteiger partial charge >= 0.3 is 0 Å². The van der Waals surface area contributed by atoms with Crippen LogP contribution in [0.3, 0.4) is 0 Å². The number of benzene rings is 3. The molecular weight excluding hydrogens is 372 g/mol. The zero-order valence-corrected chi connectivity index (χ0v) is 18.3. The van der Waals surface area contributed by atoms with Crippen molar-refractivity contribution in [1.82, 2.24) is 0 Å². The van der Waals surface area contributed by atoms with Crippen molar-refractivity contribution < 1.29 is 0 Å². The molecule has 2 unspecified atom stereocenters. The average molecular weight is 403 g/mol. The van der Waals surface area contributed by atoms with Crippen molar-refractivity contribution in [2.45, 2.75) is 44.4 Å². The largest absolute Gasteiger partial charge is 0.0729 e.